The van der Waals surface area contributed by atoms with Crippen LogP contribution in [0.15, 0.2) is 65.3 Å². The molecule has 1 aromatic heterocycles. The number of nitrogens with one attached hydrogen (secondary N) is 1. The van der Waals surface area contributed by atoms with Crippen LogP contribution >= 0.6 is 15.9 Å². The summed E-state index contributed by atoms with van der Waals surface area (Å²) in [6, 6.07) is 18.2. The predicted molar refractivity (Wildman–Crippen MR) is 92.8 cm³/mol. The zero-order valence-electron chi connectivity index (χ0n) is 12.1. The van der Waals surface area contributed by atoms with Crippen LogP contribution in [0, 0.1) is 0 Å². The van der Waals surface area contributed by atoms with Gasteiger partial charge in [0.05, 0.1) is 6.42 Å². The number of nitrogens with zero attached hydrogens (tertiary/aromatic N) is 1. The molecule has 0 spiro atoms. The number of carbonyl (C=O) groups excluding carboxylic acids is 1. The van der Waals surface area contributed by atoms with Crippen LogP contribution in [0.2, 0.25) is 0 Å². The van der Waals surface area contributed by atoms with Crippen molar-refractivity contribution in [3.63, 3.8) is 0 Å². The van der Waals surface area contributed by atoms with Crippen molar-refractivity contribution in [3.05, 3.63) is 70.8 Å². The number of rotatable bonds is 5. The Hall–Kier alpha value is -2.07. The Balaban J connectivity index is 1.52. The molecule has 112 valence electrons. The first-order valence-electron chi connectivity index (χ1n) is 7.27. The lowest BCUT2D eigenvalue weighted by molar-refractivity contribution is -0.120. The zero-order chi connectivity index (χ0) is 15.4. The van der Waals surface area contributed by atoms with E-state index < -0.39 is 0 Å². The molecule has 3 nitrogen and oxygen atoms in total. The van der Waals surface area contributed by atoms with Gasteiger partial charge in [-0.2, -0.15) is 0 Å². The Morgan fingerprint density at radius 1 is 1.05 bits per heavy atom. The van der Waals surface area contributed by atoms with E-state index in [4.69, 9.17) is 0 Å². The fourth-order valence-electron chi connectivity index (χ4n) is 2.50. The molecule has 0 aliphatic heterocycles. The van der Waals surface area contributed by atoms with E-state index in [9.17, 15) is 4.79 Å². The molecule has 3 rings (SSSR count). The molecule has 0 saturated heterocycles. The van der Waals surface area contributed by atoms with Crippen molar-refractivity contribution < 1.29 is 4.79 Å². The van der Waals surface area contributed by atoms with Crippen LogP contribution in [-0.4, -0.2) is 17.0 Å². The molecule has 4 heteroatoms. The minimum absolute atomic E-state index is 0.0544. The summed E-state index contributed by atoms with van der Waals surface area (Å²) in [6.45, 7) is 1.41. The highest BCUT2D eigenvalue weighted by Crippen LogP contribution is 2.14. The van der Waals surface area contributed by atoms with Crippen molar-refractivity contribution in [3.8, 4) is 0 Å². The normalized spacial score (nSPS) is 10.8. The molecule has 1 N–H and O–H groups in total. The third-order valence-electron chi connectivity index (χ3n) is 3.63. The molecule has 0 bridgehead atoms. The van der Waals surface area contributed by atoms with Crippen LogP contribution < -0.4 is 5.32 Å². The van der Waals surface area contributed by atoms with E-state index in [1.165, 1.54) is 10.9 Å². The fourth-order valence-corrected chi connectivity index (χ4v) is 2.77. The molecule has 0 fully saturated rings. The van der Waals surface area contributed by atoms with Gasteiger partial charge in [0.2, 0.25) is 5.91 Å². The number of fused-ring (bicyclic) bond motifs is 1. The van der Waals surface area contributed by atoms with Gasteiger partial charge in [0.15, 0.2) is 0 Å². The van der Waals surface area contributed by atoms with Gasteiger partial charge in [-0.15, -0.1) is 0 Å². The summed E-state index contributed by atoms with van der Waals surface area (Å²) >= 11 is 3.39. The average Bonchev–Trinajstić information content (AvgIpc) is 2.93. The van der Waals surface area contributed by atoms with E-state index in [1.807, 2.05) is 36.4 Å². The number of hydrogen-bond acceptors (Lipinski definition) is 1. The summed E-state index contributed by atoms with van der Waals surface area (Å²) in [6.07, 6.45) is 2.48. The number of hydrogen-bond donors (Lipinski definition) is 1. The molecule has 0 unspecified atom stereocenters. The maximum Gasteiger partial charge on any atom is 0.224 e. The zero-order valence-corrected chi connectivity index (χ0v) is 13.7. The predicted octanol–water partition coefficient (Wildman–Crippen LogP) is 3.76. The fraction of sp³-hybridized carbons (Fsp3) is 0.167. The third-order valence-corrected chi connectivity index (χ3v) is 4.16. The van der Waals surface area contributed by atoms with Gasteiger partial charge in [0.1, 0.15) is 0 Å². The van der Waals surface area contributed by atoms with Crippen molar-refractivity contribution in [1.82, 2.24) is 9.88 Å². The van der Waals surface area contributed by atoms with Crippen LogP contribution in [0.1, 0.15) is 5.56 Å². The Bertz CT molecular complexity index is 777. The molecular weight excluding hydrogens is 340 g/mol. The first-order valence-corrected chi connectivity index (χ1v) is 8.07. The molecule has 1 amide bonds. The number of amides is 1. The molecule has 0 aliphatic rings. The van der Waals surface area contributed by atoms with E-state index >= 15 is 0 Å². The number of para-hydroxylation sites is 1. The smallest absolute Gasteiger partial charge is 0.224 e. The monoisotopic (exact) mass is 356 g/mol. The average molecular weight is 357 g/mol. The highest BCUT2D eigenvalue weighted by atomic mass is 79.9. The second-order valence-electron chi connectivity index (χ2n) is 5.22. The van der Waals surface area contributed by atoms with E-state index in [1.54, 1.807) is 0 Å². The van der Waals surface area contributed by atoms with Crippen LogP contribution in [0.3, 0.4) is 0 Å². The summed E-state index contributed by atoms with van der Waals surface area (Å²) in [5, 5.41) is 4.20. The van der Waals surface area contributed by atoms with Crippen LogP contribution in [0.25, 0.3) is 10.9 Å². The Kier molecular flexibility index (Phi) is 4.59. The lowest BCUT2D eigenvalue weighted by Crippen LogP contribution is -2.28. The van der Waals surface area contributed by atoms with E-state index in [-0.39, 0.29) is 5.91 Å². The summed E-state index contributed by atoms with van der Waals surface area (Å²) in [7, 11) is 0. The standard InChI is InChI=1S/C18H17BrN2O/c19-16-7-5-14(6-8-16)13-18(22)20-10-12-21-11-9-15-3-1-2-4-17(15)21/h1-9,11H,10,12-13H2,(H,20,22). The summed E-state index contributed by atoms with van der Waals surface area (Å²) in [5.74, 6) is 0.0544. The highest BCUT2D eigenvalue weighted by Gasteiger charge is 2.04. The summed E-state index contributed by atoms with van der Waals surface area (Å²) in [4.78, 5) is 12.0. The van der Waals surface area contributed by atoms with Gasteiger partial charge in [-0.05, 0) is 35.2 Å². The molecule has 22 heavy (non-hydrogen) atoms. The van der Waals surface area contributed by atoms with Gasteiger partial charge in [-0.1, -0.05) is 46.3 Å². The van der Waals surface area contributed by atoms with Gasteiger partial charge >= 0.3 is 0 Å². The minimum Gasteiger partial charge on any atom is -0.354 e. The number of aromatic nitrogens is 1. The Morgan fingerprint density at radius 3 is 2.64 bits per heavy atom. The van der Waals surface area contributed by atoms with Gasteiger partial charge in [-0.3, -0.25) is 4.79 Å². The van der Waals surface area contributed by atoms with Gasteiger partial charge in [-0.25, -0.2) is 0 Å². The quantitative estimate of drug-likeness (QED) is 0.741. The topological polar surface area (TPSA) is 34.0 Å². The molecule has 0 atom stereocenters. The lowest BCUT2D eigenvalue weighted by atomic mass is 10.1. The van der Waals surface area contributed by atoms with Crippen molar-refractivity contribution in [1.29, 1.82) is 0 Å². The maximum absolute atomic E-state index is 12.0. The molecule has 0 saturated carbocycles. The highest BCUT2D eigenvalue weighted by molar-refractivity contribution is 9.10. The first-order chi connectivity index (χ1) is 10.7. The molecule has 0 aliphatic carbocycles. The lowest BCUT2D eigenvalue weighted by Gasteiger charge is -2.08. The van der Waals surface area contributed by atoms with Crippen molar-refractivity contribution in [2.75, 3.05) is 6.54 Å². The number of halogens is 1. The van der Waals surface area contributed by atoms with Crippen molar-refractivity contribution >= 4 is 32.7 Å². The Labute approximate surface area is 138 Å². The second kappa shape index (κ2) is 6.79. The third kappa shape index (κ3) is 3.57. The van der Waals surface area contributed by atoms with Crippen molar-refractivity contribution in [2.24, 2.45) is 0 Å². The van der Waals surface area contributed by atoms with Gasteiger partial charge in [0, 0.05) is 29.3 Å². The maximum atomic E-state index is 12.0. The first kappa shape index (κ1) is 14.9. The van der Waals surface area contributed by atoms with Crippen LogP contribution in [0.5, 0.6) is 0 Å². The molecule has 1 heterocycles. The van der Waals surface area contributed by atoms with E-state index in [0.29, 0.717) is 13.0 Å². The van der Waals surface area contributed by atoms with E-state index in [2.05, 4.69) is 50.2 Å². The van der Waals surface area contributed by atoms with Crippen molar-refractivity contribution in [2.45, 2.75) is 13.0 Å². The number of benzene rings is 2. The minimum atomic E-state index is 0.0544. The molecular formula is C18H17BrN2O. The van der Waals surface area contributed by atoms with Gasteiger partial charge < -0.3 is 9.88 Å². The SMILES string of the molecule is O=C(Cc1ccc(Br)cc1)NCCn1ccc2ccccc21. The van der Waals surface area contributed by atoms with Gasteiger partial charge in [0.25, 0.3) is 0 Å². The Morgan fingerprint density at radius 2 is 1.82 bits per heavy atom. The second-order valence-corrected chi connectivity index (χ2v) is 6.14. The molecule has 3 aromatic rings. The van der Waals surface area contributed by atoms with Crippen LogP contribution in [-0.2, 0) is 17.8 Å². The van der Waals surface area contributed by atoms with E-state index in [0.717, 1.165) is 16.6 Å². The van der Waals surface area contributed by atoms with Crippen LogP contribution in [0.4, 0.5) is 0 Å². The molecule has 2 aromatic carbocycles. The summed E-state index contributed by atoms with van der Waals surface area (Å²) < 4.78 is 3.19. The largest absolute Gasteiger partial charge is 0.354 e. The molecule has 0 radical (unpaired) electrons. The number of carbonyl (C=O) groups is 1. The summed E-state index contributed by atoms with van der Waals surface area (Å²) in [5.41, 5.74) is 2.22.